The Bertz CT molecular complexity index is 899. The van der Waals surface area contributed by atoms with Crippen LogP contribution in [0.2, 0.25) is 0 Å². The van der Waals surface area contributed by atoms with E-state index in [1.165, 1.54) is 5.56 Å². The van der Waals surface area contributed by atoms with Gasteiger partial charge in [-0.05, 0) is 76.0 Å². The number of rotatable bonds is 7. The highest BCUT2D eigenvalue weighted by molar-refractivity contribution is 7.80. The summed E-state index contributed by atoms with van der Waals surface area (Å²) >= 11 is 5.95. The molecule has 3 rings (SSSR count). The van der Waals surface area contributed by atoms with E-state index in [0.717, 1.165) is 41.6 Å². The average molecular weight is 456 g/mol. The summed E-state index contributed by atoms with van der Waals surface area (Å²) in [5.74, 6) is 1.45. The van der Waals surface area contributed by atoms with Crippen molar-refractivity contribution in [3.63, 3.8) is 0 Å². The smallest absolute Gasteiger partial charge is 0.169 e. The summed E-state index contributed by atoms with van der Waals surface area (Å²) in [5.41, 5.74) is 2.46. The Hall–Kier alpha value is -2.31. The molecule has 2 N–H and O–H groups in total. The minimum Gasteiger partial charge on any atom is -0.493 e. The first-order valence-corrected chi connectivity index (χ1v) is 11.6. The fraction of sp³-hybridized carbons (Fsp3) is 0.500. The second-order valence-corrected chi connectivity index (χ2v) is 10.4. The van der Waals surface area contributed by atoms with Crippen molar-refractivity contribution in [2.24, 2.45) is 0 Å². The minimum absolute atomic E-state index is 0.0582. The maximum Gasteiger partial charge on any atom is 0.169 e. The maximum atomic E-state index is 5.95. The van der Waals surface area contributed by atoms with Crippen LogP contribution in [0.3, 0.4) is 0 Å². The predicted octanol–water partition coefficient (Wildman–Crippen LogP) is 4.89. The number of hydrogen-bond donors (Lipinski definition) is 2. The molecule has 32 heavy (non-hydrogen) atoms. The fourth-order valence-corrected chi connectivity index (χ4v) is 5.19. The van der Waals surface area contributed by atoms with Crippen LogP contribution >= 0.6 is 12.2 Å². The highest BCUT2D eigenvalue weighted by Gasteiger charge is 2.38. The third kappa shape index (κ3) is 6.59. The summed E-state index contributed by atoms with van der Waals surface area (Å²) in [4.78, 5) is 2.23. The van der Waals surface area contributed by atoms with Crippen LogP contribution in [-0.2, 0) is 13.1 Å². The van der Waals surface area contributed by atoms with Gasteiger partial charge in [-0.15, -0.1) is 0 Å². The van der Waals surface area contributed by atoms with Crippen molar-refractivity contribution in [3.8, 4) is 11.5 Å². The van der Waals surface area contributed by atoms with Crippen molar-refractivity contribution < 1.29 is 9.47 Å². The van der Waals surface area contributed by atoms with Crippen molar-refractivity contribution >= 4 is 17.3 Å². The van der Waals surface area contributed by atoms with E-state index in [0.29, 0.717) is 12.6 Å². The summed E-state index contributed by atoms with van der Waals surface area (Å²) in [6.45, 7) is 10.5. The molecule has 1 fully saturated rings. The molecule has 2 aromatic carbocycles. The minimum atomic E-state index is 0.0582. The van der Waals surface area contributed by atoms with Crippen molar-refractivity contribution in [1.82, 2.24) is 15.5 Å². The van der Waals surface area contributed by atoms with Gasteiger partial charge >= 0.3 is 0 Å². The van der Waals surface area contributed by atoms with Gasteiger partial charge in [0.2, 0.25) is 0 Å². The zero-order valence-corrected chi connectivity index (χ0v) is 21.0. The predicted molar refractivity (Wildman–Crippen MR) is 135 cm³/mol. The van der Waals surface area contributed by atoms with E-state index >= 15 is 0 Å². The summed E-state index contributed by atoms with van der Waals surface area (Å²) in [5, 5.41) is 8.21. The Morgan fingerprint density at radius 2 is 1.53 bits per heavy atom. The molecule has 6 heteroatoms. The lowest BCUT2D eigenvalue weighted by Crippen LogP contribution is -2.62. The standard InChI is InChI=1S/C26H37N3O2S/c1-25(2)15-21(16-26(3,4)28-25)27-24(32)29(17-19-10-8-7-9-11-19)18-20-12-13-22(30-5)23(14-20)31-6/h7-14,21,28H,15-18H2,1-6H3,(H,27,32). The van der Waals surface area contributed by atoms with Gasteiger partial charge in [-0.3, -0.25) is 0 Å². The van der Waals surface area contributed by atoms with Crippen molar-refractivity contribution in [2.45, 2.75) is 70.7 Å². The zero-order chi connectivity index (χ0) is 23.4. The number of methoxy groups -OCH3 is 2. The Morgan fingerprint density at radius 3 is 2.12 bits per heavy atom. The SMILES string of the molecule is COc1ccc(CN(Cc2ccccc2)C(=S)NC2CC(C)(C)NC(C)(C)C2)cc1OC. The molecule has 0 spiro atoms. The molecule has 174 valence electrons. The summed E-state index contributed by atoms with van der Waals surface area (Å²) in [6, 6.07) is 16.8. The average Bonchev–Trinajstić information content (AvgIpc) is 2.71. The first-order valence-electron chi connectivity index (χ1n) is 11.2. The summed E-state index contributed by atoms with van der Waals surface area (Å²) < 4.78 is 10.9. The monoisotopic (exact) mass is 455 g/mol. The molecule has 0 bridgehead atoms. The Morgan fingerprint density at radius 1 is 0.938 bits per heavy atom. The first kappa shape index (κ1) is 24.3. The lowest BCUT2D eigenvalue weighted by molar-refractivity contribution is 0.153. The van der Waals surface area contributed by atoms with Crippen LogP contribution < -0.4 is 20.1 Å². The van der Waals surface area contributed by atoms with Gasteiger partial charge in [-0.1, -0.05) is 36.4 Å². The lowest BCUT2D eigenvalue weighted by Gasteiger charge is -2.47. The number of thiocarbonyl (C=S) groups is 1. The van der Waals surface area contributed by atoms with Crippen molar-refractivity contribution in [3.05, 3.63) is 59.7 Å². The van der Waals surface area contributed by atoms with E-state index in [-0.39, 0.29) is 11.1 Å². The topological polar surface area (TPSA) is 45.8 Å². The number of nitrogens with zero attached hydrogens (tertiary/aromatic N) is 1. The van der Waals surface area contributed by atoms with Crippen LogP contribution in [0.15, 0.2) is 48.5 Å². The summed E-state index contributed by atoms with van der Waals surface area (Å²) in [7, 11) is 3.32. The van der Waals surface area contributed by atoms with E-state index < -0.39 is 0 Å². The van der Waals surface area contributed by atoms with Gasteiger partial charge < -0.3 is 25.0 Å². The van der Waals surface area contributed by atoms with Gasteiger partial charge in [0.25, 0.3) is 0 Å². The molecule has 1 aliphatic heterocycles. The molecule has 0 radical (unpaired) electrons. The molecule has 0 atom stereocenters. The van der Waals surface area contributed by atoms with Gasteiger partial charge in [-0.25, -0.2) is 0 Å². The van der Waals surface area contributed by atoms with Crippen LogP contribution in [-0.4, -0.2) is 41.4 Å². The second kappa shape index (κ2) is 10.1. The van der Waals surface area contributed by atoms with Gasteiger partial charge in [0.05, 0.1) is 14.2 Å². The molecule has 0 amide bonds. The number of benzene rings is 2. The van der Waals surface area contributed by atoms with Crippen LogP contribution in [0.1, 0.15) is 51.7 Å². The lowest BCUT2D eigenvalue weighted by atomic mass is 9.80. The van der Waals surface area contributed by atoms with Crippen LogP contribution in [0, 0.1) is 0 Å². The highest BCUT2D eigenvalue weighted by Crippen LogP contribution is 2.30. The molecule has 2 aromatic rings. The quantitative estimate of drug-likeness (QED) is 0.580. The number of nitrogens with one attached hydrogen (secondary N) is 2. The summed E-state index contributed by atoms with van der Waals surface area (Å²) in [6.07, 6.45) is 2.04. The Balaban J connectivity index is 1.80. The molecular weight excluding hydrogens is 418 g/mol. The molecule has 0 saturated carbocycles. The molecule has 0 aliphatic carbocycles. The molecule has 1 aliphatic rings. The fourth-order valence-electron chi connectivity index (χ4n) is 4.89. The Kier molecular flexibility index (Phi) is 7.67. The Labute approximate surface area is 198 Å². The van der Waals surface area contributed by atoms with E-state index in [1.807, 2.05) is 18.2 Å². The third-order valence-corrected chi connectivity index (χ3v) is 6.22. The van der Waals surface area contributed by atoms with Gasteiger partial charge in [0, 0.05) is 30.2 Å². The second-order valence-electron chi connectivity index (χ2n) is 9.98. The molecule has 5 nitrogen and oxygen atoms in total. The molecule has 0 aromatic heterocycles. The largest absolute Gasteiger partial charge is 0.493 e. The highest BCUT2D eigenvalue weighted by atomic mass is 32.1. The molecular formula is C26H37N3O2S. The van der Waals surface area contributed by atoms with Crippen molar-refractivity contribution in [2.75, 3.05) is 14.2 Å². The maximum absolute atomic E-state index is 5.95. The molecule has 1 saturated heterocycles. The van der Waals surface area contributed by atoms with Gasteiger partial charge in [0.15, 0.2) is 16.6 Å². The number of piperidine rings is 1. The van der Waals surface area contributed by atoms with Gasteiger partial charge in [-0.2, -0.15) is 0 Å². The van der Waals surface area contributed by atoms with E-state index in [4.69, 9.17) is 21.7 Å². The van der Waals surface area contributed by atoms with Crippen LogP contribution in [0.5, 0.6) is 11.5 Å². The molecule has 0 unspecified atom stereocenters. The van der Waals surface area contributed by atoms with Gasteiger partial charge in [0.1, 0.15) is 0 Å². The van der Waals surface area contributed by atoms with Crippen molar-refractivity contribution in [1.29, 1.82) is 0 Å². The zero-order valence-electron chi connectivity index (χ0n) is 20.2. The number of hydrogen-bond acceptors (Lipinski definition) is 4. The van der Waals surface area contributed by atoms with E-state index in [1.54, 1.807) is 14.2 Å². The van der Waals surface area contributed by atoms with Crippen LogP contribution in [0.25, 0.3) is 0 Å². The van der Waals surface area contributed by atoms with Crippen LogP contribution in [0.4, 0.5) is 0 Å². The normalized spacial score (nSPS) is 17.4. The molecule has 1 heterocycles. The third-order valence-electron chi connectivity index (χ3n) is 5.84. The van der Waals surface area contributed by atoms with E-state index in [9.17, 15) is 0 Å². The number of ether oxygens (including phenoxy) is 2. The van der Waals surface area contributed by atoms with E-state index in [2.05, 4.69) is 73.6 Å². The first-order chi connectivity index (χ1) is 15.1.